The van der Waals surface area contributed by atoms with Crippen molar-refractivity contribution in [3.8, 4) is 0 Å². The van der Waals surface area contributed by atoms with Gasteiger partial charge in [0.15, 0.2) is 5.78 Å². The van der Waals surface area contributed by atoms with Gasteiger partial charge in [-0.2, -0.15) is 0 Å². The highest BCUT2D eigenvalue weighted by molar-refractivity contribution is 6.41. The summed E-state index contributed by atoms with van der Waals surface area (Å²) in [7, 11) is 0. The van der Waals surface area contributed by atoms with Crippen LogP contribution in [0, 0.1) is 0 Å². The van der Waals surface area contributed by atoms with Crippen LogP contribution in [0.2, 0.25) is 0 Å². The van der Waals surface area contributed by atoms with E-state index < -0.39 is 0 Å². The van der Waals surface area contributed by atoms with Crippen molar-refractivity contribution >= 4 is 17.2 Å². The Bertz CT molecular complexity index is 398. The highest BCUT2D eigenvalue weighted by Gasteiger charge is 2.16. The summed E-state index contributed by atoms with van der Waals surface area (Å²) in [6, 6.07) is 3.68. The highest BCUT2D eigenvalue weighted by atomic mass is 16.1. The molecule has 4 heteroatoms. The summed E-state index contributed by atoms with van der Waals surface area (Å²) >= 11 is 0. The second-order valence-electron chi connectivity index (χ2n) is 3.16. The van der Waals surface area contributed by atoms with Gasteiger partial charge < -0.3 is 5.73 Å². The fraction of sp³-hybridized carbons (Fsp3) is 0.300. The van der Waals surface area contributed by atoms with E-state index in [4.69, 9.17) is 5.73 Å². The molecule has 1 aromatic rings. The molecule has 0 bridgehead atoms. The van der Waals surface area contributed by atoms with E-state index in [1.807, 2.05) is 12.1 Å². The summed E-state index contributed by atoms with van der Waals surface area (Å²) in [6.45, 7) is 0.0361. The van der Waals surface area contributed by atoms with Crippen LogP contribution in [0.15, 0.2) is 23.3 Å². The molecule has 2 rings (SSSR count). The topological polar surface area (TPSA) is 68.3 Å². The van der Waals surface area contributed by atoms with Gasteiger partial charge in [0.05, 0.1) is 23.6 Å². The molecule has 4 nitrogen and oxygen atoms in total. The number of nitrogens with two attached hydrogens (primary N) is 1. The number of aryl methyl sites for hydroxylation is 1. The van der Waals surface area contributed by atoms with Gasteiger partial charge >= 0.3 is 0 Å². The molecule has 0 unspecified atom stereocenters. The number of hydrogen-bond acceptors (Lipinski definition) is 4. The number of fused-ring (bicyclic) bond motifs is 1. The molecule has 2 heterocycles. The summed E-state index contributed by atoms with van der Waals surface area (Å²) in [5.41, 5.74) is 7.61. The van der Waals surface area contributed by atoms with Crippen LogP contribution >= 0.6 is 0 Å². The van der Waals surface area contributed by atoms with Crippen LogP contribution in [0.3, 0.4) is 0 Å². The van der Waals surface area contributed by atoms with Crippen LogP contribution in [-0.2, 0) is 11.2 Å². The molecule has 0 aliphatic carbocycles. The molecule has 1 aliphatic heterocycles. The third-order valence-electron chi connectivity index (χ3n) is 2.23. The minimum atomic E-state index is -0.0699. The van der Waals surface area contributed by atoms with Gasteiger partial charge in [-0.25, -0.2) is 4.99 Å². The van der Waals surface area contributed by atoms with E-state index in [0.29, 0.717) is 12.1 Å². The van der Waals surface area contributed by atoms with Crippen LogP contribution < -0.4 is 5.73 Å². The molecule has 0 atom stereocenters. The predicted octanol–water partition coefficient (Wildman–Crippen LogP) is 0.628. The number of aromatic nitrogens is 1. The Morgan fingerprint density at radius 3 is 3.14 bits per heavy atom. The fourth-order valence-corrected chi connectivity index (χ4v) is 1.48. The minimum Gasteiger partial charge on any atom is -0.324 e. The number of carbonyl (C=O) groups is 1. The average molecular weight is 189 g/mol. The zero-order valence-electron chi connectivity index (χ0n) is 7.73. The Balaban J connectivity index is 2.36. The number of aliphatic imine (C=N–C) groups is 1. The molecule has 0 fully saturated rings. The number of carbonyl (C=O) groups excluding carboxylic acids is 1. The van der Waals surface area contributed by atoms with Crippen molar-refractivity contribution in [3.63, 3.8) is 0 Å². The molecule has 0 radical (unpaired) electrons. The Kier molecular flexibility index (Phi) is 2.37. The van der Waals surface area contributed by atoms with Crippen LogP contribution in [0.25, 0.3) is 0 Å². The minimum absolute atomic E-state index is 0.0361. The van der Waals surface area contributed by atoms with Gasteiger partial charge in [0.25, 0.3) is 0 Å². The third-order valence-corrected chi connectivity index (χ3v) is 2.23. The number of Topliss-reactive ketones (excluding diaryl/α,β-unsaturated/α-hetero) is 1. The van der Waals surface area contributed by atoms with Gasteiger partial charge in [0.2, 0.25) is 0 Å². The number of pyridine rings is 1. The first-order chi connectivity index (χ1) is 6.81. The first kappa shape index (κ1) is 9.02. The summed E-state index contributed by atoms with van der Waals surface area (Å²) in [5, 5.41) is 0. The zero-order valence-corrected chi connectivity index (χ0v) is 7.73. The SMILES string of the molecule is NCC(=O)C1=Nc2cccnc2CC1. The number of ketones is 1. The fourth-order valence-electron chi connectivity index (χ4n) is 1.48. The number of nitrogens with zero attached hydrogens (tertiary/aromatic N) is 2. The van der Waals surface area contributed by atoms with E-state index >= 15 is 0 Å². The lowest BCUT2D eigenvalue weighted by Gasteiger charge is -2.12. The van der Waals surface area contributed by atoms with Crippen LogP contribution in [-0.4, -0.2) is 23.0 Å². The molecule has 0 aromatic carbocycles. The van der Waals surface area contributed by atoms with Gasteiger partial charge in [-0.15, -0.1) is 0 Å². The van der Waals surface area contributed by atoms with E-state index in [0.717, 1.165) is 17.8 Å². The molecule has 72 valence electrons. The van der Waals surface area contributed by atoms with Crippen molar-refractivity contribution in [2.24, 2.45) is 10.7 Å². The molecule has 0 saturated carbocycles. The molecule has 0 amide bonds. The lowest BCUT2D eigenvalue weighted by Crippen LogP contribution is -2.25. The second-order valence-corrected chi connectivity index (χ2v) is 3.16. The molecule has 1 aromatic heterocycles. The van der Waals surface area contributed by atoms with Crippen LogP contribution in [0.5, 0.6) is 0 Å². The van der Waals surface area contributed by atoms with Crippen molar-refractivity contribution in [1.82, 2.24) is 4.98 Å². The summed E-state index contributed by atoms with van der Waals surface area (Å²) in [5.74, 6) is -0.0699. The molecule has 2 N–H and O–H groups in total. The maximum absolute atomic E-state index is 11.3. The average Bonchev–Trinajstić information content (AvgIpc) is 2.27. The Morgan fingerprint density at radius 2 is 2.36 bits per heavy atom. The molecule has 1 aliphatic rings. The van der Waals surface area contributed by atoms with Crippen molar-refractivity contribution in [2.75, 3.05) is 6.54 Å². The lowest BCUT2D eigenvalue weighted by atomic mass is 10.0. The maximum Gasteiger partial charge on any atom is 0.190 e. The summed E-state index contributed by atoms with van der Waals surface area (Å²) in [4.78, 5) is 19.7. The first-order valence-corrected chi connectivity index (χ1v) is 4.56. The normalized spacial score (nSPS) is 14.5. The highest BCUT2D eigenvalue weighted by Crippen LogP contribution is 2.23. The van der Waals surface area contributed by atoms with Gasteiger partial charge in [0.1, 0.15) is 0 Å². The largest absolute Gasteiger partial charge is 0.324 e. The Labute approximate surface area is 81.9 Å². The van der Waals surface area contributed by atoms with E-state index in [9.17, 15) is 4.79 Å². The van der Waals surface area contributed by atoms with Gasteiger partial charge in [0, 0.05) is 6.20 Å². The van der Waals surface area contributed by atoms with Crippen molar-refractivity contribution in [1.29, 1.82) is 0 Å². The van der Waals surface area contributed by atoms with Gasteiger partial charge in [-0.3, -0.25) is 9.78 Å². The van der Waals surface area contributed by atoms with Crippen molar-refractivity contribution in [2.45, 2.75) is 12.8 Å². The Hall–Kier alpha value is -1.55. The summed E-state index contributed by atoms with van der Waals surface area (Å²) in [6.07, 6.45) is 3.17. The number of hydrogen-bond donors (Lipinski definition) is 1. The molecule has 0 saturated heterocycles. The number of rotatable bonds is 2. The standard InChI is InChI=1S/C10H11N3O/c11-6-10(14)9-4-3-7-8(13-9)2-1-5-12-7/h1-2,5H,3-4,6,11H2. The second kappa shape index (κ2) is 3.67. The van der Waals surface area contributed by atoms with Gasteiger partial charge in [-0.05, 0) is 25.0 Å². The van der Waals surface area contributed by atoms with E-state index in [2.05, 4.69) is 9.98 Å². The van der Waals surface area contributed by atoms with Crippen molar-refractivity contribution < 1.29 is 4.79 Å². The van der Waals surface area contributed by atoms with Crippen LogP contribution in [0.1, 0.15) is 12.1 Å². The van der Waals surface area contributed by atoms with E-state index in [1.54, 1.807) is 6.20 Å². The Morgan fingerprint density at radius 1 is 1.50 bits per heavy atom. The molecule has 14 heavy (non-hydrogen) atoms. The summed E-state index contributed by atoms with van der Waals surface area (Å²) < 4.78 is 0. The van der Waals surface area contributed by atoms with E-state index in [1.165, 1.54) is 0 Å². The van der Waals surface area contributed by atoms with Crippen LogP contribution in [0.4, 0.5) is 5.69 Å². The van der Waals surface area contributed by atoms with E-state index in [-0.39, 0.29) is 12.3 Å². The zero-order chi connectivity index (χ0) is 9.97. The molecular formula is C10H11N3O. The first-order valence-electron chi connectivity index (χ1n) is 4.56. The third kappa shape index (κ3) is 1.56. The predicted molar refractivity (Wildman–Crippen MR) is 53.7 cm³/mol. The molecular weight excluding hydrogens is 178 g/mol. The molecule has 0 spiro atoms. The quantitative estimate of drug-likeness (QED) is 0.741. The monoisotopic (exact) mass is 189 g/mol. The lowest BCUT2D eigenvalue weighted by molar-refractivity contribution is -0.111. The maximum atomic E-state index is 11.3. The van der Waals surface area contributed by atoms with Gasteiger partial charge in [-0.1, -0.05) is 0 Å². The van der Waals surface area contributed by atoms with Crippen molar-refractivity contribution in [3.05, 3.63) is 24.0 Å². The smallest absolute Gasteiger partial charge is 0.190 e.